The van der Waals surface area contributed by atoms with E-state index < -0.39 is 17.7 Å². The third-order valence-electron chi connectivity index (χ3n) is 5.13. The van der Waals surface area contributed by atoms with Crippen molar-refractivity contribution in [2.75, 3.05) is 18.0 Å². The van der Waals surface area contributed by atoms with Crippen molar-refractivity contribution >= 4 is 17.8 Å². The Kier molecular flexibility index (Phi) is 5.46. The quantitative estimate of drug-likeness (QED) is 0.458. The number of hydroxylamine groups is 1. The molecule has 0 spiro atoms. The van der Waals surface area contributed by atoms with Crippen molar-refractivity contribution < 1.29 is 23.2 Å². The third-order valence-corrected chi connectivity index (χ3v) is 5.13. The largest absolute Gasteiger partial charge is 0.412 e. The van der Waals surface area contributed by atoms with Crippen molar-refractivity contribution in [1.82, 2.24) is 10.4 Å². The van der Waals surface area contributed by atoms with Crippen LogP contribution in [0.15, 0.2) is 53.3 Å². The molecule has 2 N–H and O–H groups in total. The highest BCUT2D eigenvalue weighted by atomic mass is 19.4. The molecule has 6 nitrogen and oxygen atoms in total. The number of nitrogens with zero attached hydrogens (tertiary/aromatic N) is 3. The lowest BCUT2D eigenvalue weighted by Gasteiger charge is -2.36. The van der Waals surface area contributed by atoms with Gasteiger partial charge in [-0.25, -0.2) is 10.5 Å². The Labute approximate surface area is 160 Å². The van der Waals surface area contributed by atoms with Gasteiger partial charge in [0.2, 0.25) is 0 Å². The van der Waals surface area contributed by atoms with E-state index in [2.05, 4.69) is 16.5 Å². The molecule has 0 aliphatic carbocycles. The maximum Gasteiger partial charge on any atom is 0.412 e. The fraction of sp³-hybridized carbons (Fsp3) is 0.368. The molecule has 2 aliphatic heterocycles. The van der Waals surface area contributed by atoms with Crippen molar-refractivity contribution in [3.63, 3.8) is 0 Å². The third kappa shape index (κ3) is 4.04. The normalized spacial score (nSPS) is 22.2. The van der Waals surface area contributed by atoms with E-state index >= 15 is 0 Å². The van der Waals surface area contributed by atoms with Gasteiger partial charge in [-0.3, -0.25) is 10.0 Å². The average molecular weight is 394 g/mol. The second kappa shape index (κ2) is 7.67. The highest BCUT2D eigenvalue weighted by Crippen LogP contribution is 2.36. The van der Waals surface area contributed by atoms with Gasteiger partial charge in [0, 0.05) is 48.2 Å². The van der Waals surface area contributed by atoms with Gasteiger partial charge in [0.1, 0.15) is 5.82 Å². The number of fused-ring (bicyclic) bond motifs is 2. The van der Waals surface area contributed by atoms with Gasteiger partial charge in [-0.05, 0) is 43.7 Å². The first-order valence-electron chi connectivity index (χ1n) is 8.75. The highest BCUT2D eigenvalue weighted by molar-refractivity contribution is 5.93. The fourth-order valence-electron chi connectivity index (χ4n) is 3.57. The molecule has 2 saturated heterocycles. The molecular weight excluding hydrogens is 373 g/mol. The van der Waals surface area contributed by atoms with E-state index in [-0.39, 0.29) is 12.1 Å². The Morgan fingerprint density at radius 1 is 1.29 bits per heavy atom. The minimum absolute atomic E-state index is 0.183. The van der Waals surface area contributed by atoms with Crippen molar-refractivity contribution in [3.8, 4) is 0 Å². The van der Waals surface area contributed by atoms with Crippen LogP contribution >= 0.6 is 0 Å². The first kappa shape index (κ1) is 19.9. The molecule has 2 heterocycles. The molecule has 2 aliphatic rings. The predicted molar refractivity (Wildman–Crippen MR) is 99.4 cm³/mol. The lowest BCUT2D eigenvalue weighted by Crippen LogP contribution is -2.45. The van der Waals surface area contributed by atoms with Gasteiger partial charge in [0.15, 0.2) is 0 Å². The van der Waals surface area contributed by atoms with Gasteiger partial charge in [0.25, 0.3) is 5.91 Å². The zero-order valence-corrected chi connectivity index (χ0v) is 15.3. The summed E-state index contributed by atoms with van der Waals surface area (Å²) in [5, 5.41) is 8.67. The van der Waals surface area contributed by atoms with Gasteiger partial charge >= 0.3 is 6.18 Å². The summed E-state index contributed by atoms with van der Waals surface area (Å²) < 4.78 is 37.5. The zero-order valence-electron chi connectivity index (χ0n) is 15.3. The molecule has 2 atom stereocenters. The standard InChI is InChI=1S/C19H21F3N4O2/c1-12(19(20,21)22)7-8-23-13(2)25-10-17-9-16(25)11-26(17)15-5-3-14(4-6-15)18(27)24-28/h3-8,16-17,28H,2,9-11H2,1H3,(H,24,27)/b12-7+,23-8-. The highest BCUT2D eigenvalue weighted by Gasteiger charge is 2.43. The Balaban J connectivity index is 1.61. The van der Waals surface area contributed by atoms with E-state index in [0.29, 0.717) is 17.9 Å². The molecule has 0 aromatic heterocycles. The average Bonchev–Trinajstić information content (AvgIpc) is 3.27. The molecule has 3 rings (SSSR count). The summed E-state index contributed by atoms with van der Waals surface area (Å²) in [6.45, 7) is 6.30. The number of benzene rings is 1. The number of carbonyl (C=O) groups excluding carboxylic acids is 1. The molecular formula is C19H21F3N4O2. The van der Waals surface area contributed by atoms with E-state index in [0.717, 1.165) is 37.9 Å². The zero-order chi connectivity index (χ0) is 20.5. The number of alkyl halides is 3. The maximum atomic E-state index is 12.5. The van der Waals surface area contributed by atoms with Gasteiger partial charge < -0.3 is 9.80 Å². The Bertz CT molecular complexity index is 817. The minimum Gasteiger partial charge on any atom is -0.365 e. The summed E-state index contributed by atoms with van der Waals surface area (Å²) in [4.78, 5) is 19.7. The molecule has 150 valence electrons. The number of amides is 1. The first-order valence-corrected chi connectivity index (χ1v) is 8.75. The number of nitrogens with one attached hydrogen (secondary N) is 1. The smallest absolute Gasteiger partial charge is 0.365 e. The predicted octanol–water partition coefficient (Wildman–Crippen LogP) is 3.12. The summed E-state index contributed by atoms with van der Waals surface area (Å²) in [6.07, 6.45) is -1.37. The summed E-state index contributed by atoms with van der Waals surface area (Å²) in [7, 11) is 0. The molecule has 9 heteroatoms. The van der Waals surface area contributed by atoms with Crippen LogP contribution in [0.1, 0.15) is 23.7 Å². The second-order valence-corrected chi connectivity index (χ2v) is 6.88. The molecule has 0 radical (unpaired) electrons. The van der Waals surface area contributed by atoms with Crippen molar-refractivity contribution in [1.29, 1.82) is 0 Å². The number of likely N-dealkylation sites (tertiary alicyclic amines) is 1. The molecule has 1 amide bonds. The van der Waals surface area contributed by atoms with Crippen LogP contribution in [0.3, 0.4) is 0 Å². The lowest BCUT2D eigenvalue weighted by molar-refractivity contribution is -0.0911. The maximum absolute atomic E-state index is 12.5. The SMILES string of the molecule is C=C(/N=C\C=C(/C)C(F)(F)F)N1CC2CC1CN2c1ccc(C(=O)NO)cc1. The second-order valence-electron chi connectivity index (χ2n) is 6.88. The van der Waals surface area contributed by atoms with Crippen LogP contribution in [0, 0.1) is 0 Å². The first-order chi connectivity index (χ1) is 13.2. The Morgan fingerprint density at radius 2 is 1.96 bits per heavy atom. The minimum atomic E-state index is -4.35. The number of aliphatic imine (C=N–C) groups is 1. The number of allylic oxidation sites excluding steroid dienone is 2. The van der Waals surface area contributed by atoms with Crippen molar-refractivity contribution in [2.24, 2.45) is 4.99 Å². The summed E-state index contributed by atoms with van der Waals surface area (Å²) in [6, 6.07) is 7.36. The Hall–Kier alpha value is -2.81. The van der Waals surface area contributed by atoms with Gasteiger partial charge in [-0.15, -0.1) is 0 Å². The summed E-state index contributed by atoms with van der Waals surface area (Å²) in [5.41, 5.74) is 2.22. The molecule has 1 aromatic rings. The van der Waals surface area contributed by atoms with E-state index in [1.165, 1.54) is 0 Å². The summed E-state index contributed by atoms with van der Waals surface area (Å²) >= 11 is 0. The number of hydrogen-bond donors (Lipinski definition) is 2. The van der Waals surface area contributed by atoms with Crippen LogP contribution < -0.4 is 10.4 Å². The van der Waals surface area contributed by atoms with E-state index in [4.69, 9.17) is 5.21 Å². The van der Waals surface area contributed by atoms with Gasteiger partial charge in [0.05, 0.1) is 0 Å². The number of halogens is 3. The Morgan fingerprint density at radius 3 is 2.50 bits per heavy atom. The van der Waals surface area contributed by atoms with Crippen LogP contribution in [0.5, 0.6) is 0 Å². The number of hydrogen-bond acceptors (Lipinski definition) is 5. The number of piperazine rings is 1. The molecule has 2 bridgehead atoms. The molecule has 1 aromatic carbocycles. The topological polar surface area (TPSA) is 68.2 Å². The van der Waals surface area contributed by atoms with Crippen LogP contribution in [0.25, 0.3) is 0 Å². The monoisotopic (exact) mass is 394 g/mol. The van der Waals surface area contributed by atoms with Crippen LogP contribution in [0.4, 0.5) is 18.9 Å². The van der Waals surface area contributed by atoms with Crippen LogP contribution in [-0.4, -0.2) is 53.6 Å². The van der Waals surface area contributed by atoms with E-state index in [1.54, 1.807) is 17.6 Å². The number of rotatable bonds is 5. The number of anilines is 1. The van der Waals surface area contributed by atoms with Gasteiger partial charge in [-0.1, -0.05) is 6.58 Å². The van der Waals surface area contributed by atoms with Crippen molar-refractivity contribution in [3.05, 3.63) is 53.9 Å². The molecule has 0 saturated carbocycles. The fourth-order valence-corrected chi connectivity index (χ4v) is 3.57. The van der Waals surface area contributed by atoms with Crippen molar-refractivity contribution in [2.45, 2.75) is 31.6 Å². The molecule has 2 fully saturated rings. The van der Waals surface area contributed by atoms with E-state index in [9.17, 15) is 18.0 Å². The van der Waals surface area contributed by atoms with E-state index in [1.807, 2.05) is 17.0 Å². The van der Waals surface area contributed by atoms with Gasteiger partial charge in [-0.2, -0.15) is 13.2 Å². The summed E-state index contributed by atoms with van der Waals surface area (Å²) in [5.74, 6) is -0.113. The lowest BCUT2D eigenvalue weighted by atomic mass is 10.1. The van der Waals surface area contributed by atoms with Crippen LogP contribution in [-0.2, 0) is 0 Å². The van der Waals surface area contributed by atoms with Crippen LogP contribution in [0.2, 0.25) is 0 Å². The molecule has 28 heavy (non-hydrogen) atoms. The number of carbonyl (C=O) groups is 1. The molecule has 2 unspecified atom stereocenters.